The Hall–Kier alpha value is -1.79. The van der Waals surface area contributed by atoms with Crippen molar-refractivity contribution in [1.82, 2.24) is 15.3 Å². The third-order valence-electron chi connectivity index (χ3n) is 4.40. The molecule has 0 aliphatic carbocycles. The molecule has 0 saturated heterocycles. The topological polar surface area (TPSA) is 58.1 Å². The number of hydrogen-bond acceptors (Lipinski definition) is 5. The Balaban J connectivity index is 1.93. The van der Waals surface area contributed by atoms with Crippen LogP contribution < -0.4 is 10.2 Å². The highest BCUT2D eigenvalue weighted by molar-refractivity contribution is 7.98. The summed E-state index contributed by atoms with van der Waals surface area (Å²) < 4.78 is 0. The lowest BCUT2D eigenvalue weighted by molar-refractivity contribution is 0.0953. The van der Waals surface area contributed by atoms with Gasteiger partial charge in [0, 0.05) is 37.0 Å². The Morgan fingerprint density at radius 1 is 1.11 bits per heavy atom. The van der Waals surface area contributed by atoms with Crippen molar-refractivity contribution < 1.29 is 4.79 Å². The van der Waals surface area contributed by atoms with Gasteiger partial charge < -0.3 is 10.2 Å². The molecule has 0 atom stereocenters. The molecule has 2 rings (SSSR count). The average molecular weight is 421 g/mol. The fraction of sp³-hybridized carbons (Fsp3) is 0.476. The summed E-state index contributed by atoms with van der Waals surface area (Å²) in [6.45, 7) is 8.80. The van der Waals surface area contributed by atoms with Gasteiger partial charge in [-0.1, -0.05) is 55.3 Å². The Labute approximate surface area is 177 Å². The number of aromatic nitrogens is 2. The molecular weight excluding hydrogens is 392 g/mol. The van der Waals surface area contributed by atoms with Crippen molar-refractivity contribution in [2.45, 2.75) is 50.9 Å². The van der Waals surface area contributed by atoms with E-state index in [2.05, 4.69) is 41.0 Å². The second-order valence-electron chi connectivity index (χ2n) is 6.45. The lowest BCUT2D eigenvalue weighted by Gasteiger charge is -2.20. The smallest absolute Gasteiger partial charge is 0.251 e. The Morgan fingerprint density at radius 3 is 2.46 bits per heavy atom. The van der Waals surface area contributed by atoms with E-state index in [1.54, 1.807) is 6.07 Å². The van der Waals surface area contributed by atoms with Crippen molar-refractivity contribution in [3.8, 4) is 0 Å². The monoisotopic (exact) mass is 420 g/mol. The summed E-state index contributed by atoms with van der Waals surface area (Å²) in [5.74, 6) is 1.55. The molecule has 152 valence electrons. The van der Waals surface area contributed by atoms with Crippen LogP contribution in [0.5, 0.6) is 0 Å². The molecule has 7 heteroatoms. The van der Waals surface area contributed by atoms with Gasteiger partial charge >= 0.3 is 0 Å². The van der Waals surface area contributed by atoms with Crippen LogP contribution in [0.1, 0.15) is 56.0 Å². The van der Waals surface area contributed by atoms with Gasteiger partial charge in [0.2, 0.25) is 0 Å². The lowest BCUT2D eigenvalue weighted by Crippen LogP contribution is -2.24. The molecule has 0 bridgehead atoms. The quantitative estimate of drug-likeness (QED) is 0.234. The molecule has 1 N–H and O–H groups in total. The van der Waals surface area contributed by atoms with Crippen LogP contribution in [0.3, 0.4) is 0 Å². The number of anilines is 1. The maximum absolute atomic E-state index is 12.1. The van der Waals surface area contributed by atoms with Gasteiger partial charge in [-0.15, -0.1) is 0 Å². The first kappa shape index (κ1) is 22.5. The van der Waals surface area contributed by atoms with E-state index in [9.17, 15) is 4.79 Å². The number of benzene rings is 1. The maximum atomic E-state index is 12.1. The zero-order chi connectivity index (χ0) is 20.4. The van der Waals surface area contributed by atoms with Gasteiger partial charge in [0.25, 0.3) is 5.91 Å². The first-order valence-corrected chi connectivity index (χ1v) is 11.2. The van der Waals surface area contributed by atoms with Crippen LogP contribution in [0.25, 0.3) is 0 Å². The van der Waals surface area contributed by atoms with Gasteiger partial charge in [-0.25, -0.2) is 9.97 Å². The van der Waals surface area contributed by atoms with E-state index in [-0.39, 0.29) is 5.91 Å². The van der Waals surface area contributed by atoms with Crippen LogP contribution in [0.2, 0.25) is 5.15 Å². The normalized spacial score (nSPS) is 10.7. The number of nitrogens with one attached hydrogen (secondary N) is 1. The summed E-state index contributed by atoms with van der Waals surface area (Å²) in [5, 5.41) is 4.07. The lowest BCUT2D eigenvalue weighted by atomic mass is 10.1. The van der Waals surface area contributed by atoms with Crippen LogP contribution in [-0.4, -0.2) is 35.5 Å². The SMILES string of the molecule is CCCCCNC(=O)c1ccc(CSc2nc(Cl)cc(N(CC)CC)n2)cc1. The zero-order valence-electron chi connectivity index (χ0n) is 16.9. The minimum absolute atomic E-state index is 0.0163. The first-order chi connectivity index (χ1) is 13.6. The molecule has 0 unspecified atom stereocenters. The van der Waals surface area contributed by atoms with E-state index >= 15 is 0 Å². The van der Waals surface area contributed by atoms with Crippen molar-refractivity contribution in [3.05, 3.63) is 46.6 Å². The average Bonchev–Trinajstić information content (AvgIpc) is 2.70. The Morgan fingerprint density at radius 2 is 1.82 bits per heavy atom. The molecule has 0 aliphatic rings. The first-order valence-electron chi connectivity index (χ1n) is 9.86. The number of unbranched alkanes of at least 4 members (excludes halogenated alkanes) is 2. The molecule has 0 fully saturated rings. The number of nitrogens with zero attached hydrogens (tertiary/aromatic N) is 3. The van der Waals surface area contributed by atoms with Crippen LogP contribution in [0, 0.1) is 0 Å². The van der Waals surface area contributed by atoms with Gasteiger partial charge in [-0.3, -0.25) is 4.79 Å². The van der Waals surface area contributed by atoms with E-state index in [4.69, 9.17) is 11.6 Å². The predicted octanol–water partition coefficient (Wildman–Crippen LogP) is 5.19. The van der Waals surface area contributed by atoms with E-state index in [0.29, 0.717) is 15.9 Å². The van der Waals surface area contributed by atoms with E-state index in [1.165, 1.54) is 11.8 Å². The summed E-state index contributed by atoms with van der Waals surface area (Å²) in [5.41, 5.74) is 1.80. The highest BCUT2D eigenvalue weighted by Crippen LogP contribution is 2.24. The van der Waals surface area contributed by atoms with Crippen LogP contribution in [-0.2, 0) is 5.75 Å². The van der Waals surface area contributed by atoms with Crippen molar-refractivity contribution in [2.24, 2.45) is 0 Å². The Kier molecular flexibility index (Phi) is 9.58. The minimum atomic E-state index is -0.0163. The highest BCUT2D eigenvalue weighted by atomic mass is 35.5. The largest absolute Gasteiger partial charge is 0.357 e. The molecule has 0 spiro atoms. The number of amides is 1. The van der Waals surface area contributed by atoms with Gasteiger partial charge in [-0.05, 0) is 38.0 Å². The van der Waals surface area contributed by atoms with Gasteiger partial charge in [0.15, 0.2) is 5.16 Å². The van der Waals surface area contributed by atoms with E-state index in [0.717, 1.165) is 56.0 Å². The summed E-state index contributed by atoms with van der Waals surface area (Å²) in [6.07, 6.45) is 3.30. The highest BCUT2D eigenvalue weighted by Gasteiger charge is 2.10. The molecule has 0 radical (unpaired) electrons. The van der Waals surface area contributed by atoms with Crippen molar-refractivity contribution in [1.29, 1.82) is 0 Å². The molecule has 5 nitrogen and oxygen atoms in total. The van der Waals surface area contributed by atoms with Crippen LogP contribution >= 0.6 is 23.4 Å². The summed E-state index contributed by atoms with van der Waals surface area (Å²) in [7, 11) is 0. The van der Waals surface area contributed by atoms with Crippen LogP contribution in [0.15, 0.2) is 35.5 Å². The molecule has 28 heavy (non-hydrogen) atoms. The standard InChI is InChI=1S/C21H29ClN4OS/c1-4-7-8-13-23-20(27)17-11-9-16(10-12-17)15-28-21-24-18(22)14-19(25-21)26(5-2)6-3/h9-12,14H,4-8,13,15H2,1-3H3,(H,23,27). The van der Waals surface area contributed by atoms with E-state index < -0.39 is 0 Å². The van der Waals surface area contributed by atoms with Gasteiger partial charge in [0.05, 0.1) is 0 Å². The molecule has 1 aromatic carbocycles. The predicted molar refractivity (Wildman–Crippen MR) is 118 cm³/mol. The number of carbonyl (C=O) groups excluding carboxylic acids is 1. The fourth-order valence-electron chi connectivity index (χ4n) is 2.74. The molecule has 0 saturated carbocycles. The van der Waals surface area contributed by atoms with Crippen molar-refractivity contribution in [2.75, 3.05) is 24.5 Å². The third kappa shape index (κ3) is 6.99. The summed E-state index contributed by atoms with van der Waals surface area (Å²) in [4.78, 5) is 23.2. The number of halogens is 1. The molecule has 2 aromatic rings. The summed E-state index contributed by atoms with van der Waals surface area (Å²) >= 11 is 7.71. The van der Waals surface area contributed by atoms with Gasteiger partial charge in [0.1, 0.15) is 11.0 Å². The number of hydrogen-bond donors (Lipinski definition) is 1. The molecule has 0 aliphatic heterocycles. The second-order valence-corrected chi connectivity index (χ2v) is 7.78. The van der Waals surface area contributed by atoms with Crippen molar-refractivity contribution in [3.63, 3.8) is 0 Å². The molecule has 1 heterocycles. The van der Waals surface area contributed by atoms with Crippen LogP contribution in [0.4, 0.5) is 5.82 Å². The third-order valence-corrected chi connectivity index (χ3v) is 5.51. The van der Waals surface area contributed by atoms with E-state index in [1.807, 2.05) is 24.3 Å². The molecule has 1 amide bonds. The maximum Gasteiger partial charge on any atom is 0.251 e. The number of thioether (sulfide) groups is 1. The molecule has 1 aromatic heterocycles. The number of rotatable bonds is 11. The minimum Gasteiger partial charge on any atom is -0.357 e. The number of carbonyl (C=O) groups is 1. The second kappa shape index (κ2) is 11.9. The van der Waals surface area contributed by atoms with Crippen molar-refractivity contribution >= 4 is 35.1 Å². The molecular formula is C21H29ClN4OS. The summed E-state index contributed by atoms with van der Waals surface area (Å²) in [6, 6.07) is 9.48. The van der Waals surface area contributed by atoms with Gasteiger partial charge in [-0.2, -0.15) is 0 Å². The Bertz CT molecular complexity index is 751. The zero-order valence-corrected chi connectivity index (χ0v) is 18.4. The fourth-order valence-corrected chi connectivity index (χ4v) is 3.78.